The normalized spacial score (nSPS) is 13.2. The van der Waals surface area contributed by atoms with Gasteiger partial charge >= 0.3 is 0 Å². The van der Waals surface area contributed by atoms with Crippen molar-refractivity contribution in [3.8, 4) is 11.1 Å². The molecule has 2 nitrogen and oxygen atoms in total. The highest BCUT2D eigenvalue weighted by Crippen LogP contribution is 2.33. The van der Waals surface area contributed by atoms with Crippen LogP contribution in [-0.4, -0.2) is 12.5 Å². The molecule has 23 heavy (non-hydrogen) atoms. The number of rotatable bonds is 3. The number of hydrogen-bond acceptors (Lipinski definition) is 1. The van der Waals surface area contributed by atoms with E-state index in [1.807, 2.05) is 6.07 Å². The van der Waals surface area contributed by atoms with Crippen LogP contribution in [-0.2, 0) is 12.8 Å². The molecule has 3 rings (SSSR count). The van der Waals surface area contributed by atoms with Crippen molar-refractivity contribution in [3.05, 3.63) is 59.2 Å². The molecule has 2 aromatic carbocycles. The number of carbonyl (C=O) groups excluding carboxylic acids is 1. The SMILES string of the molecule is CC(C)(C)CCNC(=O)c1ccc2c(c1)CCc1ccccc1-2. The maximum Gasteiger partial charge on any atom is 0.251 e. The average molecular weight is 307 g/mol. The molecule has 0 saturated heterocycles. The molecule has 2 heteroatoms. The number of hydrogen-bond donors (Lipinski definition) is 1. The van der Waals surface area contributed by atoms with Gasteiger partial charge in [0.2, 0.25) is 0 Å². The number of carbonyl (C=O) groups is 1. The molecule has 1 aliphatic carbocycles. The second-order valence-electron chi connectivity index (χ2n) is 7.60. The number of fused-ring (bicyclic) bond motifs is 3. The Morgan fingerprint density at radius 2 is 1.70 bits per heavy atom. The minimum atomic E-state index is 0.0379. The standard InChI is InChI=1S/C21H25NO/c1-21(2,3)12-13-22-20(23)17-10-11-19-16(14-17)9-8-15-6-4-5-7-18(15)19/h4-7,10-11,14H,8-9,12-13H2,1-3H3,(H,22,23). The summed E-state index contributed by atoms with van der Waals surface area (Å²) in [4.78, 5) is 12.4. The van der Waals surface area contributed by atoms with Gasteiger partial charge in [0.15, 0.2) is 0 Å². The van der Waals surface area contributed by atoms with E-state index in [4.69, 9.17) is 0 Å². The Balaban J connectivity index is 1.76. The second-order valence-corrected chi connectivity index (χ2v) is 7.60. The molecular weight excluding hydrogens is 282 g/mol. The quantitative estimate of drug-likeness (QED) is 0.881. The van der Waals surface area contributed by atoms with E-state index < -0.39 is 0 Å². The Kier molecular flexibility index (Phi) is 4.25. The molecule has 120 valence electrons. The van der Waals surface area contributed by atoms with Crippen LogP contribution in [0.2, 0.25) is 0 Å². The van der Waals surface area contributed by atoms with Crippen molar-refractivity contribution in [2.24, 2.45) is 5.41 Å². The van der Waals surface area contributed by atoms with Crippen LogP contribution in [0, 0.1) is 5.41 Å². The summed E-state index contributed by atoms with van der Waals surface area (Å²) in [6.45, 7) is 7.29. The Labute approximate surface area is 138 Å². The van der Waals surface area contributed by atoms with Crippen LogP contribution in [0.4, 0.5) is 0 Å². The molecule has 0 atom stereocenters. The van der Waals surface area contributed by atoms with Crippen molar-refractivity contribution in [1.82, 2.24) is 5.32 Å². The van der Waals surface area contributed by atoms with Gasteiger partial charge in [-0.1, -0.05) is 51.1 Å². The average Bonchev–Trinajstić information content (AvgIpc) is 2.53. The minimum absolute atomic E-state index is 0.0379. The molecule has 1 N–H and O–H groups in total. The molecule has 0 unspecified atom stereocenters. The Morgan fingerprint density at radius 1 is 1.00 bits per heavy atom. The van der Waals surface area contributed by atoms with Gasteiger partial charge in [-0.05, 0) is 59.1 Å². The zero-order chi connectivity index (χ0) is 16.4. The minimum Gasteiger partial charge on any atom is -0.352 e. The summed E-state index contributed by atoms with van der Waals surface area (Å²) < 4.78 is 0. The fraction of sp³-hybridized carbons (Fsp3) is 0.381. The topological polar surface area (TPSA) is 29.1 Å². The summed E-state index contributed by atoms with van der Waals surface area (Å²) in [5.41, 5.74) is 6.30. The van der Waals surface area contributed by atoms with Crippen LogP contribution in [0.3, 0.4) is 0 Å². The lowest BCUT2D eigenvalue weighted by Crippen LogP contribution is -2.27. The Hall–Kier alpha value is -2.09. The maximum atomic E-state index is 12.4. The zero-order valence-corrected chi connectivity index (χ0v) is 14.3. The van der Waals surface area contributed by atoms with Crippen LogP contribution in [0.25, 0.3) is 11.1 Å². The smallest absolute Gasteiger partial charge is 0.251 e. The first-order valence-corrected chi connectivity index (χ1v) is 8.43. The maximum absolute atomic E-state index is 12.4. The van der Waals surface area contributed by atoms with E-state index in [0.29, 0.717) is 0 Å². The highest BCUT2D eigenvalue weighted by atomic mass is 16.1. The first-order valence-electron chi connectivity index (χ1n) is 8.43. The Morgan fingerprint density at radius 3 is 2.48 bits per heavy atom. The molecule has 1 amide bonds. The largest absolute Gasteiger partial charge is 0.352 e. The monoisotopic (exact) mass is 307 g/mol. The van der Waals surface area contributed by atoms with Crippen LogP contribution < -0.4 is 5.32 Å². The zero-order valence-electron chi connectivity index (χ0n) is 14.3. The number of aryl methyl sites for hydroxylation is 2. The van der Waals surface area contributed by atoms with Gasteiger partial charge in [0, 0.05) is 12.1 Å². The van der Waals surface area contributed by atoms with E-state index in [9.17, 15) is 4.79 Å². The van der Waals surface area contributed by atoms with Crippen LogP contribution in [0.5, 0.6) is 0 Å². The summed E-state index contributed by atoms with van der Waals surface area (Å²) in [5, 5.41) is 3.04. The predicted octanol–water partition coefficient (Wildman–Crippen LogP) is 4.62. The van der Waals surface area contributed by atoms with Crippen LogP contribution >= 0.6 is 0 Å². The fourth-order valence-corrected chi connectivity index (χ4v) is 3.13. The van der Waals surface area contributed by atoms with Gasteiger partial charge in [-0.25, -0.2) is 0 Å². The van der Waals surface area contributed by atoms with E-state index in [0.717, 1.165) is 31.4 Å². The molecule has 0 spiro atoms. The third-order valence-corrected chi connectivity index (χ3v) is 4.50. The molecule has 0 aliphatic heterocycles. The fourth-order valence-electron chi connectivity index (χ4n) is 3.13. The number of nitrogens with one attached hydrogen (secondary N) is 1. The molecule has 0 heterocycles. The van der Waals surface area contributed by atoms with Crippen molar-refractivity contribution < 1.29 is 4.79 Å². The van der Waals surface area contributed by atoms with Crippen molar-refractivity contribution >= 4 is 5.91 Å². The third kappa shape index (κ3) is 3.64. The van der Waals surface area contributed by atoms with Crippen molar-refractivity contribution in [1.29, 1.82) is 0 Å². The van der Waals surface area contributed by atoms with E-state index in [2.05, 4.69) is 62.5 Å². The molecule has 0 aromatic heterocycles. The molecule has 2 aromatic rings. The van der Waals surface area contributed by atoms with Gasteiger partial charge < -0.3 is 5.32 Å². The lowest BCUT2D eigenvalue weighted by Gasteiger charge is -2.21. The van der Waals surface area contributed by atoms with Crippen molar-refractivity contribution in [2.45, 2.75) is 40.0 Å². The van der Waals surface area contributed by atoms with Crippen molar-refractivity contribution in [2.75, 3.05) is 6.54 Å². The summed E-state index contributed by atoms with van der Waals surface area (Å²) in [6.07, 6.45) is 3.05. The summed E-state index contributed by atoms with van der Waals surface area (Å²) in [7, 11) is 0. The van der Waals surface area contributed by atoms with E-state index in [-0.39, 0.29) is 11.3 Å². The second kappa shape index (κ2) is 6.19. The van der Waals surface area contributed by atoms with Crippen LogP contribution in [0.15, 0.2) is 42.5 Å². The molecule has 0 fully saturated rings. The third-order valence-electron chi connectivity index (χ3n) is 4.50. The van der Waals surface area contributed by atoms with E-state index >= 15 is 0 Å². The van der Waals surface area contributed by atoms with Crippen molar-refractivity contribution in [3.63, 3.8) is 0 Å². The summed E-state index contributed by atoms with van der Waals surface area (Å²) in [6, 6.07) is 14.7. The van der Waals surface area contributed by atoms with Gasteiger partial charge in [-0.3, -0.25) is 4.79 Å². The predicted molar refractivity (Wildman–Crippen MR) is 95.7 cm³/mol. The Bertz CT molecular complexity index is 725. The molecule has 1 aliphatic rings. The lowest BCUT2D eigenvalue weighted by molar-refractivity contribution is 0.0949. The van der Waals surface area contributed by atoms with E-state index in [1.165, 1.54) is 22.3 Å². The van der Waals surface area contributed by atoms with E-state index in [1.54, 1.807) is 0 Å². The summed E-state index contributed by atoms with van der Waals surface area (Å²) >= 11 is 0. The number of amides is 1. The van der Waals surface area contributed by atoms with Gasteiger partial charge in [0.25, 0.3) is 5.91 Å². The highest BCUT2D eigenvalue weighted by molar-refractivity contribution is 5.95. The lowest BCUT2D eigenvalue weighted by atomic mass is 9.85. The molecule has 0 radical (unpaired) electrons. The first kappa shape index (κ1) is 15.8. The van der Waals surface area contributed by atoms with Crippen LogP contribution in [0.1, 0.15) is 48.7 Å². The number of benzene rings is 2. The summed E-state index contributed by atoms with van der Waals surface area (Å²) in [5.74, 6) is 0.0379. The first-order chi connectivity index (χ1) is 10.9. The van der Waals surface area contributed by atoms with Gasteiger partial charge in [-0.2, -0.15) is 0 Å². The van der Waals surface area contributed by atoms with Gasteiger partial charge in [-0.15, -0.1) is 0 Å². The highest BCUT2D eigenvalue weighted by Gasteiger charge is 2.17. The molecular formula is C21H25NO. The molecule has 0 saturated carbocycles. The molecule has 0 bridgehead atoms. The van der Waals surface area contributed by atoms with Gasteiger partial charge in [0.1, 0.15) is 0 Å². The van der Waals surface area contributed by atoms with Gasteiger partial charge in [0.05, 0.1) is 0 Å².